The second kappa shape index (κ2) is 7.74. The van der Waals surface area contributed by atoms with Crippen molar-refractivity contribution in [3.05, 3.63) is 35.8 Å². The molecule has 1 amide bonds. The molecule has 0 saturated heterocycles. The van der Waals surface area contributed by atoms with Crippen molar-refractivity contribution in [1.82, 2.24) is 5.32 Å². The van der Waals surface area contributed by atoms with Gasteiger partial charge < -0.3 is 10.1 Å². The molecule has 0 spiro atoms. The van der Waals surface area contributed by atoms with Gasteiger partial charge in [-0.05, 0) is 25.5 Å². The molecule has 0 unspecified atom stereocenters. The first-order valence-electron chi connectivity index (χ1n) is 5.64. The average Bonchev–Trinajstić information content (AvgIpc) is 2.32. The van der Waals surface area contributed by atoms with Crippen molar-refractivity contribution in [2.75, 3.05) is 6.61 Å². The maximum atomic E-state index is 11.1. The first kappa shape index (κ1) is 14.5. The Morgan fingerprint density at radius 1 is 1.56 bits per heavy atom. The smallest absolute Gasteiger partial charge is 0.262 e. The molecular formula is C13H21NO2. The van der Waals surface area contributed by atoms with E-state index in [0.717, 1.165) is 6.42 Å². The molecule has 1 aliphatic rings. The predicted octanol–water partition coefficient (Wildman–Crippen LogP) is 2.91. The molecule has 0 aliphatic carbocycles. The number of carbonyl (C=O) groups is 1. The summed E-state index contributed by atoms with van der Waals surface area (Å²) < 4.78 is 5.20. The number of rotatable bonds is 3. The summed E-state index contributed by atoms with van der Waals surface area (Å²) >= 11 is 0. The molecule has 0 bridgehead atoms. The highest BCUT2D eigenvalue weighted by Crippen LogP contribution is 2.13. The second-order valence-corrected chi connectivity index (χ2v) is 3.16. The van der Waals surface area contributed by atoms with Crippen LogP contribution >= 0.6 is 0 Å². The van der Waals surface area contributed by atoms with Crippen molar-refractivity contribution in [3.8, 4) is 0 Å². The van der Waals surface area contributed by atoms with Gasteiger partial charge in [0.1, 0.15) is 5.76 Å². The Balaban J connectivity index is 0.00000106. The molecule has 16 heavy (non-hydrogen) atoms. The van der Waals surface area contributed by atoms with Crippen molar-refractivity contribution in [1.29, 1.82) is 0 Å². The van der Waals surface area contributed by atoms with Crippen LogP contribution in [0.5, 0.6) is 0 Å². The zero-order valence-corrected chi connectivity index (χ0v) is 10.6. The minimum atomic E-state index is -0.120. The highest BCUT2D eigenvalue weighted by molar-refractivity contribution is 5.81. The summed E-state index contributed by atoms with van der Waals surface area (Å²) in [6, 6.07) is 0. The molecule has 0 atom stereocenters. The van der Waals surface area contributed by atoms with E-state index in [1.165, 1.54) is 5.57 Å². The van der Waals surface area contributed by atoms with Crippen LogP contribution in [-0.2, 0) is 9.53 Å². The van der Waals surface area contributed by atoms with Crippen molar-refractivity contribution >= 4 is 5.91 Å². The third kappa shape index (κ3) is 4.34. The van der Waals surface area contributed by atoms with Gasteiger partial charge in [0.15, 0.2) is 6.61 Å². The van der Waals surface area contributed by atoms with Gasteiger partial charge in [0.25, 0.3) is 5.91 Å². The van der Waals surface area contributed by atoms with Crippen molar-refractivity contribution < 1.29 is 9.53 Å². The molecule has 1 heterocycles. The Hall–Kier alpha value is -1.51. The van der Waals surface area contributed by atoms with Gasteiger partial charge in [0, 0.05) is 0 Å². The maximum absolute atomic E-state index is 11.1. The third-order valence-electron chi connectivity index (χ3n) is 2.03. The van der Waals surface area contributed by atoms with Gasteiger partial charge >= 0.3 is 0 Å². The fraction of sp³-hybridized carbons (Fsp3) is 0.462. The summed E-state index contributed by atoms with van der Waals surface area (Å²) in [5, 5.41) is 2.75. The fourth-order valence-electron chi connectivity index (χ4n) is 1.09. The molecule has 3 heteroatoms. The zero-order chi connectivity index (χ0) is 12.6. The molecule has 0 aromatic heterocycles. The van der Waals surface area contributed by atoms with Crippen LogP contribution in [0.4, 0.5) is 0 Å². The number of amides is 1. The topological polar surface area (TPSA) is 38.3 Å². The van der Waals surface area contributed by atoms with Crippen LogP contribution in [0.2, 0.25) is 0 Å². The molecule has 90 valence electrons. The number of carbonyl (C=O) groups excluding carboxylic acids is 1. The Labute approximate surface area is 97.9 Å². The second-order valence-electron chi connectivity index (χ2n) is 3.16. The molecule has 3 nitrogen and oxygen atoms in total. The Bertz CT molecular complexity index is 314. The van der Waals surface area contributed by atoms with Crippen LogP contribution < -0.4 is 5.32 Å². The standard InChI is InChI=1S/C11H15NO2.C2H6/c1-4-8(3)6-9-10(5-2)14-7-11(13)12-9;1-2/h5-6H,2,4,7H2,1,3H3,(H,12,13);1-2H3/b8-6+;. The van der Waals surface area contributed by atoms with E-state index in [1.807, 2.05) is 26.8 Å². The van der Waals surface area contributed by atoms with E-state index in [9.17, 15) is 4.79 Å². The van der Waals surface area contributed by atoms with E-state index in [1.54, 1.807) is 6.08 Å². The largest absolute Gasteiger partial charge is 0.482 e. The highest BCUT2D eigenvalue weighted by atomic mass is 16.5. The Morgan fingerprint density at radius 2 is 2.19 bits per heavy atom. The van der Waals surface area contributed by atoms with Gasteiger partial charge in [-0.1, -0.05) is 32.9 Å². The van der Waals surface area contributed by atoms with Crippen LogP contribution in [0.1, 0.15) is 34.1 Å². The summed E-state index contributed by atoms with van der Waals surface area (Å²) in [6.07, 6.45) is 4.46. The minimum Gasteiger partial charge on any atom is -0.482 e. The van der Waals surface area contributed by atoms with Gasteiger partial charge in [-0.25, -0.2) is 0 Å². The number of nitrogens with one attached hydrogen (secondary N) is 1. The lowest BCUT2D eigenvalue weighted by molar-refractivity contribution is -0.124. The molecule has 1 rings (SSSR count). The van der Waals surface area contributed by atoms with Crippen LogP contribution in [0.3, 0.4) is 0 Å². The Morgan fingerprint density at radius 3 is 2.69 bits per heavy atom. The quantitative estimate of drug-likeness (QED) is 0.799. The number of ether oxygens (including phenoxy) is 1. The summed E-state index contributed by atoms with van der Waals surface area (Å²) in [7, 11) is 0. The first-order chi connectivity index (χ1) is 7.67. The first-order valence-corrected chi connectivity index (χ1v) is 5.64. The number of hydrogen-bond acceptors (Lipinski definition) is 2. The lowest BCUT2D eigenvalue weighted by Gasteiger charge is -2.18. The predicted molar refractivity (Wildman–Crippen MR) is 66.7 cm³/mol. The molecular weight excluding hydrogens is 202 g/mol. The van der Waals surface area contributed by atoms with Gasteiger partial charge in [-0.3, -0.25) is 4.79 Å². The highest BCUT2D eigenvalue weighted by Gasteiger charge is 2.14. The van der Waals surface area contributed by atoms with E-state index in [0.29, 0.717) is 11.5 Å². The van der Waals surface area contributed by atoms with Crippen molar-refractivity contribution in [2.24, 2.45) is 0 Å². The minimum absolute atomic E-state index is 0.0733. The maximum Gasteiger partial charge on any atom is 0.262 e. The number of hydrogen-bond donors (Lipinski definition) is 1. The monoisotopic (exact) mass is 223 g/mol. The average molecular weight is 223 g/mol. The molecule has 0 fully saturated rings. The van der Waals surface area contributed by atoms with Gasteiger partial charge in [-0.2, -0.15) is 0 Å². The van der Waals surface area contributed by atoms with Gasteiger partial charge in [-0.15, -0.1) is 0 Å². The molecule has 0 saturated carbocycles. The molecule has 1 aliphatic heterocycles. The van der Waals surface area contributed by atoms with Crippen LogP contribution in [-0.4, -0.2) is 12.5 Å². The normalized spacial score (nSPS) is 15.8. The lowest BCUT2D eigenvalue weighted by Crippen LogP contribution is -2.32. The van der Waals surface area contributed by atoms with E-state index in [-0.39, 0.29) is 12.5 Å². The van der Waals surface area contributed by atoms with Crippen LogP contribution in [0.25, 0.3) is 0 Å². The van der Waals surface area contributed by atoms with Gasteiger partial charge in [0.05, 0.1) is 5.70 Å². The summed E-state index contributed by atoms with van der Waals surface area (Å²) in [4.78, 5) is 11.1. The fourth-order valence-corrected chi connectivity index (χ4v) is 1.09. The molecule has 0 radical (unpaired) electrons. The van der Waals surface area contributed by atoms with Crippen molar-refractivity contribution in [3.63, 3.8) is 0 Å². The van der Waals surface area contributed by atoms with Crippen LogP contribution in [0, 0.1) is 0 Å². The lowest BCUT2D eigenvalue weighted by atomic mass is 10.1. The third-order valence-corrected chi connectivity index (χ3v) is 2.03. The molecule has 1 N–H and O–H groups in total. The molecule has 0 aromatic rings. The SMILES string of the molecule is C=CC1=C(/C=C(\C)CC)NC(=O)CO1.CC. The van der Waals surface area contributed by atoms with E-state index < -0.39 is 0 Å². The van der Waals surface area contributed by atoms with E-state index in [2.05, 4.69) is 18.8 Å². The van der Waals surface area contributed by atoms with Crippen molar-refractivity contribution in [2.45, 2.75) is 34.1 Å². The summed E-state index contributed by atoms with van der Waals surface area (Å²) in [5.74, 6) is 0.517. The summed E-state index contributed by atoms with van der Waals surface area (Å²) in [5.41, 5.74) is 1.89. The Kier molecular flexibility index (Phi) is 7.01. The summed E-state index contributed by atoms with van der Waals surface area (Å²) in [6.45, 7) is 11.8. The van der Waals surface area contributed by atoms with E-state index >= 15 is 0 Å². The van der Waals surface area contributed by atoms with Crippen LogP contribution in [0.15, 0.2) is 35.8 Å². The van der Waals surface area contributed by atoms with Gasteiger partial charge in [0.2, 0.25) is 0 Å². The van der Waals surface area contributed by atoms with E-state index in [4.69, 9.17) is 4.74 Å². The zero-order valence-electron chi connectivity index (χ0n) is 10.6. The molecule has 0 aromatic carbocycles. The number of allylic oxidation sites excluding steroid dienone is 3.